The third-order valence-corrected chi connectivity index (χ3v) is 7.52. The highest BCUT2D eigenvalue weighted by atomic mass is 31.2. The fraction of sp³-hybridized carbons (Fsp3) is 0.286. The van der Waals surface area contributed by atoms with Crippen molar-refractivity contribution in [1.29, 1.82) is 0 Å². The van der Waals surface area contributed by atoms with Crippen LogP contribution in [-0.4, -0.2) is 24.1 Å². The van der Waals surface area contributed by atoms with Gasteiger partial charge in [0.2, 0.25) is 0 Å². The van der Waals surface area contributed by atoms with Crippen molar-refractivity contribution in [3.8, 4) is 0 Å². The minimum absolute atomic E-state index is 0.0483. The van der Waals surface area contributed by atoms with E-state index in [9.17, 15) is 14.2 Å². The minimum Gasteiger partial charge on any atom is -0.461 e. The maximum Gasteiger partial charge on any atom is 0.323 e. The van der Waals surface area contributed by atoms with E-state index in [0.29, 0.717) is 0 Å². The Morgan fingerprint density at radius 1 is 0.750 bits per heavy atom. The normalized spacial score (nSPS) is 13.4. The van der Waals surface area contributed by atoms with Crippen LogP contribution in [0.5, 0.6) is 0 Å². The van der Waals surface area contributed by atoms with E-state index in [0.717, 1.165) is 16.7 Å². The second-order valence-electron chi connectivity index (χ2n) is 8.21. The lowest BCUT2D eigenvalue weighted by Gasteiger charge is -2.24. The predicted molar refractivity (Wildman–Crippen MR) is 138 cm³/mol. The van der Waals surface area contributed by atoms with Crippen LogP contribution in [0.1, 0.15) is 36.5 Å². The summed E-state index contributed by atoms with van der Waals surface area (Å²) in [5.74, 6) is -1.07. The summed E-state index contributed by atoms with van der Waals surface area (Å²) < 4.78 is 30.0. The Labute approximate surface area is 212 Å². The van der Waals surface area contributed by atoms with E-state index in [-0.39, 0.29) is 38.8 Å². The lowest BCUT2D eigenvalue weighted by molar-refractivity contribution is -0.148. The summed E-state index contributed by atoms with van der Waals surface area (Å²) in [6.07, 6.45) is 0.175. The summed E-state index contributed by atoms with van der Waals surface area (Å²) in [6.45, 7) is 2.06. The minimum atomic E-state index is -3.40. The summed E-state index contributed by atoms with van der Waals surface area (Å²) in [7, 11) is -3.40. The van der Waals surface area contributed by atoms with Gasteiger partial charge in [0.1, 0.15) is 19.3 Å². The standard InChI is InChI=1S/C28H32NO6P/c1-2-36(32,35-22-25-16-10-5-11-17-25)29-26(28(31)34-21-24-14-8-4-9-15-24)18-19-27(30)33-20-23-12-6-3-7-13-23/h3-17,26H,2,18-22H2,1H3,(H,29,32)/t26-,36?/m0/s1. The average molecular weight is 510 g/mol. The molecule has 1 unspecified atom stereocenters. The molecule has 0 heterocycles. The molecule has 3 rings (SSSR count). The third-order valence-electron chi connectivity index (χ3n) is 5.44. The maximum absolute atomic E-state index is 13.4. The summed E-state index contributed by atoms with van der Waals surface area (Å²) >= 11 is 0. The number of carbonyl (C=O) groups excluding carboxylic acids is 2. The molecule has 0 bridgehead atoms. The first-order valence-corrected chi connectivity index (χ1v) is 13.7. The first kappa shape index (κ1) is 27.3. The molecule has 0 aliphatic heterocycles. The molecule has 0 radical (unpaired) electrons. The van der Waals surface area contributed by atoms with Crippen molar-refractivity contribution in [1.82, 2.24) is 5.09 Å². The highest BCUT2D eigenvalue weighted by molar-refractivity contribution is 7.56. The first-order chi connectivity index (χ1) is 17.5. The molecule has 3 aromatic carbocycles. The molecule has 0 saturated carbocycles. The van der Waals surface area contributed by atoms with Crippen LogP contribution in [0.3, 0.4) is 0 Å². The van der Waals surface area contributed by atoms with Crippen molar-refractivity contribution in [2.45, 2.75) is 45.6 Å². The van der Waals surface area contributed by atoms with E-state index in [2.05, 4.69) is 5.09 Å². The van der Waals surface area contributed by atoms with E-state index >= 15 is 0 Å². The number of hydrogen-bond acceptors (Lipinski definition) is 6. The SMILES string of the molecule is CCP(=O)(N[C@@H](CCC(=O)OCc1ccccc1)C(=O)OCc1ccccc1)OCc1ccccc1. The average Bonchev–Trinajstić information content (AvgIpc) is 2.93. The monoisotopic (exact) mass is 509 g/mol. The van der Waals surface area contributed by atoms with Gasteiger partial charge in [-0.1, -0.05) is 97.9 Å². The van der Waals surface area contributed by atoms with E-state index in [4.69, 9.17) is 14.0 Å². The maximum atomic E-state index is 13.4. The summed E-state index contributed by atoms with van der Waals surface area (Å²) in [4.78, 5) is 25.3. The van der Waals surface area contributed by atoms with Crippen LogP contribution in [0.2, 0.25) is 0 Å². The van der Waals surface area contributed by atoms with Crippen molar-refractivity contribution in [3.63, 3.8) is 0 Å². The van der Waals surface area contributed by atoms with Crippen LogP contribution in [-0.2, 0) is 48.0 Å². The fourth-order valence-electron chi connectivity index (χ4n) is 3.35. The van der Waals surface area contributed by atoms with Crippen LogP contribution in [0.25, 0.3) is 0 Å². The van der Waals surface area contributed by atoms with Gasteiger partial charge in [0.15, 0.2) is 0 Å². The fourth-order valence-corrected chi connectivity index (χ4v) is 4.85. The van der Waals surface area contributed by atoms with Gasteiger partial charge in [0, 0.05) is 12.6 Å². The Hall–Kier alpha value is -3.25. The van der Waals surface area contributed by atoms with Gasteiger partial charge in [0.05, 0.1) is 6.61 Å². The number of rotatable bonds is 14. The number of carbonyl (C=O) groups is 2. The van der Waals surface area contributed by atoms with Crippen LogP contribution in [0.4, 0.5) is 0 Å². The van der Waals surface area contributed by atoms with E-state index in [1.165, 1.54) is 0 Å². The molecule has 0 saturated heterocycles. The van der Waals surface area contributed by atoms with Crippen molar-refractivity contribution < 1.29 is 28.2 Å². The van der Waals surface area contributed by atoms with Crippen molar-refractivity contribution in [3.05, 3.63) is 108 Å². The Bertz CT molecular complexity index is 1120. The molecule has 1 N–H and O–H groups in total. The zero-order valence-electron chi connectivity index (χ0n) is 20.4. The number of nitrogens with one attached hydrogen (secondary N) is 1. The Kier molecular flexibility index (Phi) is 10.9. The van der Waals surface area contributed by atoms with Gasteiger partial charge in [-0.15, -0.1) is 0 Å². The van der Waals surface area contributed by atoms with Gasteiger partial charge in [-0.3, -0.25) is 14.2 Å². The summed E-state index contributed by atoms with van der Waals surface area (Å²) in [5.41, 5.74) is 2.55. The molecule has 190 valence electrons. The first-order valence-electron chi connectivity index (χ1n) is 11.9. The summed E-state index contributed by atoms with van der Waals surface area (Å²) in [5, 5.41) is 2.87. The Balaban J connectivity index is 1.62. The third kappa shape index (κ3) is 9.42. The highest BCUT2D eigenvalue weighted by Crippen LogP contribution is 2.43. The van der Waals surface area contributed by atoms with Crippen molar-refractivity contribution in [2.24, 2.45) is 0 Å². The number of benzene rings is 3. The number of ether oxygens (including phenoxy) is 2. The molecule has 2 atom stereocenters. The van der Waals surface area contributed by atoms with Crippen molar-refractivity contribution in [2.75, 3.05) is 6.16 Å². The molecule has 0 aliphatic rings. The molecular formula is C28H32NO6P. The smallest absolute Gasteiger partial charge is 0.323 e. The highest BCUT2D eigenvalue weighted by Gasteiger charge is 2.31. The molecular weight excluding hydrogens is 477 g/mol. The quantitative estimate of drug-likeness (QED) is 0.222. The van der Waals surface area contributed by atoms with Gasteiger partial charge >= 0.3 is 11.9 Å². The van der Waals surface area contributed by atoms with Crippen LogP contribution in [0.15, 0.2) is 91.0 Å². The molecule has 7 nitrogen and oxygen atoms in total. The van der Waals surface area contributed by atoms with Crippen LogP contribution < -0.4 is 5.09 Å². The largest absolute Gasteiger partial charge is 0.461 e. The molecule has 3 aromatic rings. The lowest BCUT2D eigenvalue weighted by Crippen LogP contribution is -2.37. The van der Waals surface area contributed by atoms with E-state index in [1.54, 1.807) is 6.92 Å². The van der Waals surface area contributed by atoms with Gasteiger partial charge in [-0.05, 0) is 23.1 Å². The molecule has 0 aromatic heterocycles. The zero-order valence-corrected chi connectivity index (χ0v) is 21.3. The lowest BCUT2D eigenvalue weighted by atomic mass is 10.1. The summed E-state index contributed by atoms with van der Waals surface area (Å²) in [6, 6.07) is 27.0. The molecule has 0 aliphatic carbocycles. The predicted octanol–water partition coefficient (Wildman–Crippen LogP) is 5.64. The van der Waals surface area contributed by atoms with Gasteiger partial charge in [-0.2, -0.15) is 0 Å². The molecule has 8 heteroatoms. The Morgan fingerprint density at radius 3 is 1.72 bits per heavy atom. The topological polar surface area (TPSA) is 90.9 Å². The van der Waals surface area contributed by atoms with Gasteiger partial charge in [-0.25, -0.2) is 5.09 Å². The molecule has 36 heavy (non-hydrogen) atoms. The zero-order chi connectivity index (χ0) is 25.6. The van der Waals surface area contributed by atoms with Gasteiger partial charge in [0.25, 0.3) is 7.52 Å². The molecule has 0 amide bonds. The second kappa shape index (κ2) is 14.3. The van der Waals surface area contributed by atoms with Crippen LogP contribution in [0, 0.1) is 0 Å². The van der Waals surface area contributed by atoms with E-state index in [1.807, 2.05) is 91.0 Å². The van der Waals surface area contributed by atoms with Crippen molar-refractivity contribution >= 4 is 19.5 Å². The molecule has 0 fully saturated rings. The van der Waals surface area contributed by atoms with Gasteiger partial charge < -0.3 is 14.0 Å². The van der Waals surface area contributed by atoms with E-state index < -0.39 is 25.5 Å². The Morgan fingerprint density at radius 2 is 1.22 bits per heavy atom. The second-order valence-corrected chi connectivity index (χ2v) is 10.7. The number of esters is 2. The van der Waals surface area contributed by atoms with Crippen LogP contribution >= 0.6 is 7.52 Å². The number of hydrogen-bond donors (Lipinski definition) is 1. The molecule has 0 spiro atoms.